The summed E-state index contributed by atoms with van der Waals surface area (Å²) in [5, 5.41) is 0. The van der Waals surface area contributed by atoms with Crippen molar-refractivity contribution in [3.63, 3.8) is 0 Å². The smallest absolute Gasteiger partial charge is 0.101 e. The lowest BCUT2D eigenvalue weighted by Gasteiger charge is -2.01. The van der Waals surface area contributed by atoms with Gasteiger partial charge in [0.2, 0.25) is 0 Å². The summed E-state index contributed by atoms with van der Waals surface area (Å²) in [7, 11) is 0. The van der Waals surface area contributed by atoms with Crippen LogP contribution in [-0.4, -0.2) is 0 Å². The van der Waals surface area contributed by atoms with Crippen molar-refractivity contribution in [3.8, 4) is 11.1 Å². The van der Waals surface area contributed by atoms with Crippen LogP contribution >= 0.6 is 0 Å². The highest BCUT2D eigenvalue weighted by Gasteiger charge is 2.02. The molecule has 0 radical (unpaired) electrons. The molecule has 2 rings (SSSR count). The number of benzene rings is 1. The Labute approximate surface area is 82.3 Å². The molecule has 14 heavy (non-hydrogen) atoms. The van der Waals surface area contributed by atoms with Gasteiger partial charge in [-0.3, -0.25) is 0 Å². The molecule has 3 nitrogen and oxygen atoms in total. The molecule has 3 heteroatoms. The molecule has 2 aromatic rings. The summed E-state index contributed by atoms with van der Waals surface area (Å²) in [6.45, 7) is 1.91. The van der Waals surface area contributed by atoms with Gasteiger partial charge in [-0.25, -0.2) is 0 Å². The Morgan fingerprint density at radius 1 is 1.00 bits per heavy atom. The topological polar surface area (TPSA) is 65.2 Å². The van der Waals surface area contributed by atoms with Gasteiger partial charge in [0.25, 0.3) is 0 Å². The van der Waals surface area contributed by atoms with E-state index in [4.69, 9.17) is 15.9 Å². The first-order chi connectivity index (χ1) is 6.66. The third-order valence-electron chi connectivity index (χ3n) is 2.15. The standard InChI is InChI=1S/C11H12N2O/c1-7-4-9(6-14-7)8-2-3-10(12)11(13)5-8/h2-6H,12-13H2,1H3. The average Bonchev–Trinajstić information content (AvgIpc) is 2.57. The summed E-state index contributed by atoms with van der Waals surface area (Å²) < 4.78 is 5.22. The van der Waals surface area contributed by atoms with Gasteiger partial charge < -0.3 is 15.9 Å². The van der Waals surface area contributed by atoms with Crippen molar-refractivity contribution < 1.29 is 4.42 Å². The molecule has 1 aromatic carbocycles. The number of hydrogen-bond donors (Lipinski definition) is 2. The Hall–Kier alpha value is -1.90. The molecule has 0 aliphatic carbocycles. The number of nitrogen functional groups attached to an aromatic ring is 2. The molecule has 1 heterocycles. The molecular formula is C11H12N2O. The number of anilines is 2. The van der Waals surface area contributed by atoms with Gasteiger partial charge in [0.15, 0.2) is 0 Å². The minimum Gasteiger partial charge on any atom is -0.469 e. The number of furan rings is 1. The van der Waals surface area contributed by atoms with Crippen molar-refractivity contribution in [3.05, 3.63) is 36.3 Å². The van der Waals surface area contributed by atoms with Gasteiger partial charge in [-0.2, -0.15) is 0 Å². The summed E-state index contributed by atoms with van der Waals surface area (Å²) >= 11 is 0. The molecule has 0 aliphatic heterocycles. The van der Waals surface area contributed by atoms with Crippen molar-refractivity contribution >= 4 is 11.4 Å². The predicted octanol–water partition coefficient (Wildman–Crippen LogP) is 2.42. The van der Waals surface area contributed by atoms with Crippen LogP contribution in [-0.2, 0) is 0 Å². The normalized spacial score (nSPS) is 10.4. The van der Waals surface area contributed by atoms with Crippen molar-refractivity contribution in [1.29, 1.82) is 0 Å². The van der Waals surface area contributed by atoms with Crippen LogP contribution in [0.5, 0.6) is 0 Å². The van der Waals surface area contributed by atoms with Crippen molar-refractivity contribution in [2.45, 2.75) is 6.92 Å². The minimum atomic E-state index is 0.598. The zero-order valence-corrected chi connectivity index (χ0v) is 7.95. The van der Waals surface area contributed by atoms with Gasteiger partial charge in [0.05, 0.1) is 17.6 Å². The van der Waals surface area contributed by atoms with E-state index in [1.165, 1.54) is 0 Å². The Morgan fingerprint density at radius 3 is 2.36 bits per heavy atom. The van der Waals surface area contributed by atoms with E-state index in [0.29, 0.717) is 11.4 Å². The van der Waals surface area contributed by atoms with Gasteiger partial charge in [-0.05, 0) is 30.7 Å². The van der Waals surface area contributed by atoms with E-state index in [9.17, 15) is 0 Å². The average molecular weight is 188 g/mol. The Balaban J connectivity index is 2.47. The maximum Gasteiger partial charge on any atom is 0.101 e. The predicted molar refractivity (Wildman–Crippen MR) is 57.7 cm³/mol. The number of hydrogen-bond acceptors (Lipinski definition) is 3. The zero-order valence-electron chi connectivity index (χ0n) is 7.95. The van der Waals surface area contributed by atoms with Crippen LogP contribution in [0.4, 0.5) is 11.4 Å². The molecule has 0 saturated carbocycles. The maximum absolute atomic E-state index is 5.71. The number of nitrogens with two attached hydrogens (primary N) is 2. The molecular weight excluding hydrogens is 176 g/mol. The summed E-state index contributed by atoms with van der Waals surface area (Å²) in [4.78, 5) is 0. The second-order valence-corrected chi connectivity index (χ2v) is 3.29. The first-order valence-electron chi connectivity index (χ1n) is 4.37. The van der Waals surface area contributed by atoms with Crippen LogP contribution in [0.15, 0.2) is 34.9 Å². The molecule has 4 N–H and O–H groups in total. The Morgan fingerprint density at radius 2 is 1.79 bits per heavy atom. The number of aryl methyl sites for hydroxylation is 1. The molecule has 0 unspecified atom stereocenters. The van der Waals surface area contributed by atoms with Crippen molar-refractivity contribution in [2.75, 3.05) is 11.5 Å². The van der Waals surface area contributed by atoms with Gasteiger partial charge in [-0.15, -0.1) is 0 Å². The largest absolute Gasteiger partial charge is 0.469 e. The molecule has 0 atom stereocenters. The minimum absolute atomic E-state index is 0.598. The quantitative estimate of drug-likeness (QED) is 0.675. The monoisotopic (exact) mass is 188 g/mol. The lowest BCUT2D eigenvalue weighted by molar-refractivity contribution is 0.535. The molecule has 0 aliphatic rings. The summed E-state index contributed by atoms with van der Waals surface area (Å²) in [6, 6.07) is 7.54. The molecule has 0 spiro atoms. The van der Waals surface area contributed by atoms with Crippen LogP contribution < -0.4 is 11.5 Å². The van der Waals surface area contributed by atoms with Crippen LogP contribution in [0.25, 0.3) is 11.1 Å². The first kappa shape index (κ1) is 8.69. The fourth-order valence-electron chi connectivity index (χ4n) is 1.35. The highest BCUT2D eigenvalue weighted by Crippen LogP contribution is 2.26. The number of rotatable bonds is 1. The van der Waals surface area contributed by atoms with Gasteiger partial charge in [-0.1, -0.05) is 6.07 Å². The summed E-state index contributed by atoms with van der Waals surface area (Å²) in [5.41, 5.74) is 14.6. The third-order valence-corrected chi connectivity index (χ3v) is 2.15. The highest BCUT2D eigenvalue weighted by atomic mass is 16.3. The van der Waals surface area contributed by atoms with Crippen LogP contribution in [0.3, 0.4) is 0 Å². The van der Waals surface area contributed by atoms with E-state index in [1.807, 2.05) is 25.1 Å². The molecule has 0 amide bonds. The molecule has 1 aromatic heterocycles. The molecule has 0 fully saturated rings. The maximum atomic E-state index is 5.71. The lowest BCUT2D eigenvalue weighted by atomic mass is 10.1. The summed E-state index contributed by atoms with van der Waals surface area (Å²) in [6.07, 6.45) is 1.71. The van der Waals surface area contributed by atoms with Gasteiger partial charge in [0.1, 0.15) is 5.76 Å². The van der Waals surface area contributed by atoms with E-state index < -0.39 is 0 Å². The fourth-order valence-corrected chi connectivity index (χ4v) is 1.35. The first-order valence-corrected chi connectivity index (χ1v) is 4.37. The third kappa shape index (κ3) is 1.44. The van der Waals surface area contributed by atoms with E-state index in [2.05, 4.69) is 0 Å². The SMILES string of the molecule is Cc1cc(-c2ccc(N)c(N)c2)co1. The lowest BCUT2D eigenvalue weighted by Crippen LogP contribution is -1.93. The second kappa shape index (κ2) is 3.10. The van der Waals surface area contributed by atoms with E-state index >= 15 is 0 Å². The molecule has 0 bridgehead atoms. The fraction of sp³-hybridized carbons (Fsp3) is 0.0909. The van der Waals surface area contributed by atoms with E-state index in [-0.39, 0.29) is 0 Å². The summed E-state index contributed by atoms with van der Waals surface area (Å²) in [5.74, 6) is 0.885. The zero-order chi connectivity index (χ0) is 10.1. The van der Waals surface area contributed by atoms with Crippen LogP contribution in [0.2, 0.25) is 0 Å². The Kier molecular flexibility index (Phi) is 1.93. The van der Waals surface area contributed by atoms with Crippen LogP contribution in [0.1, 0.15) is 5.76 Å². The van der Waals surface area contributed by atoms with Gasteiger partial charge in [0, 0.05) is 5.56 Å². The van der Waals surface area contributed by atoms with E-state index in [1.54, 1.807) is 12.3 Å². The van der Waals surface area contributed by atoms with Crippen molar-refractivity contribution in [1.82, 2.24) is 0 Å². The molecule has 0 saturated heterocycles. The van der Waals surface area contributed by atoms with Crippen molar-refractivity contribution in [2.24, 2.45) is 0 Å². The highest BCUT2D eigenvalue weighted by molar-refractivity contribution is 5.74. The van der Waals surface area contributed by atoms with Gasteiger partial charge >= 0.3 is 0 Å². The van der Waals surface area contributed by atoms with Crippen LogP contribution in [0, 0.1) is 6.92 Å². The van der Waals surface area contributed by atoms with E-state index in [0.717, 1.165) is 16.9 Å². The Bertz CT molecular complexity index is 460. The second-order valence-electron chi connectivity index (χ2n) is 3.29. The molecule has 72 valence electrons.